The van der Waals surface area contributed by atoms with Gasteiger partial charge in [-0.25, -0.2) is 0 Å². The Hall–Kier alpha value is -8.01. The molecule has 0 amide bonds. The minimum Gasteiger partial charge on any atom is -0.360 e. The van der Waals surface area contributed by atoms with Gasteiger partial charge < -0.3 is 10.2 Å². The third-order valence-electron chi connectivity index (χ3n) is 13.5. The van der Waals surface area contributed by atoms with Crippen LogP contribution in [-0.2, 0) is 5.41 Å². The average Bonchev–Trinajstić information content (AvgIpc) is 3.65. The molecule has 3 heteroatoms. The summed E-state index contributed by atoms with van der Waals surface area (Å²) in [6, 6.07) is 82.4. The molecule has 0 saturated heterocycles. The molecule has 0 fully saturated rings. The van der Waals surface area contributed by atoms with Crippen LogP contribution in [0.15, 0.2) is 229 Å². The Balaban J connectivity index is 1.04. The molecule has 1 atom stereocenters. The molecule has 1 spiro atoms. The van der Waals surface area contributed by atoms with Crippen molar-refractivity contribution in [2.75, 3.05) is 10.2 Å². The van der Waals surface area contributed by atoms with Crippen LogP contribution in [0.4, 0.5) is 22.7 Å². The monoisotopic (exact) mass is 789 g/mol. The van der Waals surface area contributed by atoms with Gasteiger partial charge in [0.15, 0.2) is 0 Å². The maximum atomic E-state index is 5.32. The van der Waals surface area contributed by atoms with Gasteiger partial charge in [-0.1, -0.05) is 188 Å². The fourth-order valence-electron chi connectivity index (χ4n) is 10.9. The molecule has 62 heavy (non-hydrogen) atoms. The maximum absolute atomic E-state index is 5.32. The molecule has 2 aliphatic heterocycles. The van der Waals surface area contributed by atoms with Crippen molar-refractivity contribution in [2.24, 2.45) is 4.99 Å². The lowest BCUT2D eigenvalue weighted by atomic mass is 9.63. The first-order valence-corrected chi connectivity index (χ1v) is 21.5. The van der Waals surface area contributed by atoms with Crippen molar-refractivity contribution in [2.45, 2.75) is 11.6 Å². The number of hydrogen-bond acceptors (Lipinski definition) is 3. The zero-order valence-corrected chi connectivity index (χ0v) is 33.8. The number of para-hydroxylation sites is 4. The van der Waals surface area contributed by atoms with Gasteiger partial charge in [0.2, 0.25) is 0 Å². The molecule has 0 bridgehead atoms. The van der Waals surface area contributed by atoms with Crippen molar-refractivity contribution in [3.8, 4) is 22.3 Å². The van der Waals surface area contributed by atoms with Crippen molar-refractivity contribution < 1.29 is 0 Å². The number of aliphatic imine (C=N–C) groups is 1. The zero-order chi connectivity index (χ0) is 40.8. The second-order valence-electron chi connectivity index (χ2n) is 16.6. The lowest BCUT2D eigenvalue weighted by Crippen LogP contribution is -2.36. The Labute approximate surface area is 360 Å². The summed E-state index contributed by atoms with van der Waals surface area (Å²) in [5, 5.41) is 8.86. The summed E-state index contributed by atoms with van der Waals surface area (Å²) >= 11 is 0. The Morgan fingerprint density at radius 3 is 1.71 bits per heavy atom. The van der Waals surface area contributed by atoms with E-state index >= 15 is 0 Å². The first-order chi connectivity index (χ1) is 30.8. The Morgan fingerprint density at radius 2 is 0.984 bits per heavy atom. The molecular weight excluding hydrogens is 751 g/mol. The van der Waals surface area contributed by atoms with Crippen LogP contribution >= 0.6 is 0 Å². The minimum atomic E-state index is -0.606. The number of anilines is 4. The van der Waals surface area contributed by atoms with Crippen LogP contribution in [0, 0.1) is 0 Å². The molecule has 0 aromatic heterocycles. The van der Waals surface area contributed by atoms with E-state index in [0.717, 1.165) is 33.8 Å². The molecule has 1 N–H and O–H groups in total. The van der Waals surface area contributed by atoms with E-state index in [1.54, 1.807) is 0 Å². The third-order valence-corrected chi connectivity index (χ3v) is 13.5. The molecule has 13 rings (SSSR count). The molecule has 3 nitrogen and oxygen atoms in total. The molecule has 1 aliphatic carbocycles. The smallest absolute Gasteiger partial charge is 0.145 e. The van der Waals surface area contributed by atoms with Crippen molar-refractivity contribution in [1.29, 1.82) is 0 Å². The summed E-state index contributed by atoms with van der Waals surface area (Å²) in [6.45, 7) is 0. The summed E-state index contributed by atoms with van der Waals surface area (Å²) in [5.41, 5.74) is 18.6. The zero-order valence-electron chi connectivity index (χ0n) is 33.8. The number of rotatable bonds is 4. The molecule has 290 valence electrons. The van der Waals surface area contributed by atoms with Gasteiger partial charge in [0.1, 0.15) is 6.17 Å². The van der Waals surface area contributed by atoms with Gasteiger partial charge in [-0.05, 0) is 108 Å². The largest absolute Gasteiger partial charge is 0.360 e. The number of hydrogen-bond donors (Lipinski definition) is 1. The molecule has 2 heterocycles. The number of nitrogens with one attached hydrogen (secondary N) is 1. The summed E-state index contributed by atoms with van der Waals surface area (Å²) in [5.74, 6) is 0. The maximum Gasteiger partial charge on any atom is 0.145 e. The SMILES string of the molecule is c1ccc(C2=NC(c3ccc(-c4ccc5c(c4)C4(c6ccccc6N(c6ccccc6)c6ccccc64)c4c-5c5ccccc5c5ccccc45)cc3)Nc3ccccc32)cc1. The lowest BCUT2D eigenvalue weighted by Gasteiger charge is -2.45. The molecule has 1 unspecified atom stereocenters. The minimum absolute atomic E-state index is 0.212. The van der Waals surface area contributed by atoms with E-state index in [1.165, 1.54) is 77.4 Å². The van der Waals surface area contributed by atoms with Crippen molar-refractivity contribution in [3.05, 3.63) is 263 Å². The predicted molar refractivity (Wildman–Crippen MR) is 257 cm³/mol. The van der Waals surface area contributed by atoms with Gasteiger partial charge in [0.25, 0.3) is 0 Å². The van der Waals surface area contributed by atoms with Crippen LogP contribution in [0.1, 0.15) is 45.1 Å². The van der Waals surface area contributed by atoms with E-state index in [1.807, 2.05) is 0 Å². The number of nitrogens with zero attached hydrogens (tertiary/aromatic N) is 2. The van der Waals surface area contributed by atoms with Crippen LogP contribution in [0.2, 0.25) is 0 Å². The van der Waals surface area contributed by atoms with Gasteiger partial charge in [0, 0.05) is 22.5 Å². The van der Waals surface area contributed by atoms with Gasteiger partial charge in [-0.3, -0.25) is 4.99 Å². The fraction of sp³-hybridized carbons (Fsp3) is 0.0339. The molecule has 0 radical (unpaired) electrons. The van der Waals surface area contributed by atoms with Crippen molar-refractivity contribution >= 4 is 50.0 Å². The van der Waals surface area contributed by atoms with Crippen molar-refractivity contribution in [3.63, 3.8) is 0 Å². The molecule has 10 aromatic carbocycles. The molecule has 10 aromatic rings. The predicted octanol–water partition coefficient (Wildman–Crippen LogP) is 14.8. The summed E-state index contributed by atoms with van der Waals surface area (Å²) in [6.07, 6.45) is -0.212. The fourth-order valence-corrected chi connectivity index (χ4v) is 10.9. The van der Waals surface area contributed by atoms with Gasteiger partial charge in [0.05, 0.1) is 22.5 Å². The van der Waals surface area contributed by atoms with E-state index in [2.05, 4.69) is 235 Å². The van der Waals surface area contributed by atoms with Crippen LogP contribution in [0.5, 0.6) is 0 Å². The topological polar surface area (TPSA) is 27.6 Å². The van der Waals surface area contributed by atoms with E-state index in [4.69, 9.17) is 4.99 Å². The molecule has 3 aliphatic rings. The Kier molecular flexibility index (Phi) is 7.58. The summed E-state index contributed by atoms with van der Waals surface area (Å²) in [4.78, 5) is 7.78. The van der Waals surface area contributed by atoms with Gasteiger partial charge >= 0.3 is 0 Å². The molecule has 0 saturated carbocycles. The highest BCUT2D eigenvalue weighted by molar-refractivity contribution is 6.20. The molecular formula is C59H39N3. The first kappa shape index (κ1) is 34.8. The Bertz CT molecular complexity index is 3390. The standard InChI is InChI=1S/C59H39N3/c1-3-17-39(18-4-1)57-48-25-11-14-28-52(48)60-58(61-57)40-33-31-38(32-34-40)41-35-36-47-51(37-41)59(56-46-24-10-8-22-44(46)43-21-7-9-23-45(43)55(47)56)49-26-12-15-29-53(49)62(42-19-5-2-6-20-42)54-30-16-13-27-50(54)59/h1-37,58,60H. The van der Waals surface area contributed by atoms with E-state index in [9.17, 15) is 0 Å². The van der Waals surface area contributed by atoms with Crippen LogP contribution in [-0.4, -0.2) is 5.71 Å². The summed E-state index contributed by atoms with van der Waals surface area (Å²) in [7, 11) is 0. The quantitative estimate of drug-likeness (QED) is 0.180. The highest BCUT2D eigenvalue weighted by Gasteiger charge is 2.53. The second-order valence-corrected chi connectivity index (χ2v) is 16.6. The first-order valence-electron chi connectivity index (χ1n) is 21.5. The summed E-state index contributed by atoms with van der Waals surface area (Å²) < 4.78 is 0. The van der Waals surface area contributed by atoms with Gasteiger partial charge in [-0.15, -0.1) is 0 Å². The third kappa shape index (κ3) is 4.91. The van der Waals surface area contributed by atoms with E-state index in [-0.39, 0.29) is 6.17 Å². The highest BCUT2D eigenvalue weighted by atomic mass is 15.2. The second kappa shape index (κ2) is 13.5. The van der Waals surface area contributed by atoms with Crippen LogP contribution in [0.3, 0.4) is 0 Å². The van der Waals surface area contributed by atoms with Crippen LogP contribution in [0.25, 0.3) is 43.8 Å². The lowest BCUT2D eigenvalue weighted by molar-refractivity contribution is 0.759. The normalized spacial score (nSPS) is 15.3. The number of fused-ring (bicyclic) bond motifs is 15. The number of benzene rings is 10. The van der Waals surface area contributed by atoms with Gasteiger partial charge in [-0.2, -0.15) is 0 Å². The van der Waals surface area contributed by atoms with E-state index < -0.39 is 5.41 Å². The van der Waals surface area contributed by atoms with E-state index in [0.29, 0.717) is 0 Å². The highest BCUT2D eigenvalue weighted by Crippen LogP contribution is 2.66. The Morgan fingerprint density at radius 1 is 0.419 bits per heavy atom. The van der Waals surface area contributed by atoms with Crippen molar-refractivity contribution in [1.82, 2.24) is 0 Å². The average molecular weight is 790 g/mol. The van der Waals surface area contributed by atoms with Crippen LogP contribution < -0.4 is 10.2 Å².